The molecule has 0 amide bonds. The zero-order chi connectivity index (χ0) is 13.7. The Kier molecular flexibility index (Phi) is 4.70. The molecule has 0 saturated carbocycles. The lowest BCUT2D eigenvalue weighted by Crippen LogP contribution is -2.29. The van der Waals surface area contributed by atoms with Crippen LogP contribution in [0.1, 0.15) is 39.5 Å². The van der Waals surface area contributed by atoms with E-state index >= 15 is 0 Å². The maximum atomic E-state index is 9.66. The molecule has 0 spiro atoms. The van der Waals surface area contributed by atoms with Gasteiger partial charge in [0.1, 0.15) is 0 Å². The maximum Gasteiger partial charge on any atom is 0.0608 e. The van der Waals surface area contributed by atoms with Gasteiger partial charge in [-0.2, -0.15) is 0 Å². The summed E-state index contributed by atoms with van der Waals surface area (Å²) in [7, 11) is 0. The molecule has 3 heteroatoms. The Morgan fingerprint density at radius 1 is 1.11 bits per heavy atom. The van der Waals surface area contributed by atoms with Crippen molar-refractivity contribution in [2.24, 2.45) is 0 Å². The van der Waals surface area contributed by atoms with Crippen molar-refractivity contribution in [3.8, 4) is 0 Å². The van der Waals surface area contributed by atoms with E-state index in [1.807, 2.05) is 13.8 Å². The Bertz CT molecular complexity index is 375. The number of anilines is 2. The number of hydrogen-bond acceptors (Lipinski definition) is 3. The Morgan fingerprint density at radius 3 is 2.32 bits per heavy atom. The third-order valence-electron chi connectivity index (χ3n) is 3.65. The summed E-state index contributed by atoms with van der Waals surface area (Å²) in [6.45, 7) is 6.85. The summed E-state index contributed by atoms with van der Waals surface area (Å²) in [6, 6.07) is 8.65. The van der Waals surface area contributed by atoms with Crippen LogP contribution < -0.4 is 10.2 Å². The number of rotatable bonds is 5. The standard InChI is InChI=1S/C16H26N2O/c1-16(2,19)10-11-17-14-6-8-15(9-7-14)18-12-4-3-5-13-18/h6-9,17,19H,3-5,10-13H2,1-2H3. The largest absolute Gasteiger partial charge is 0.390 e. The first kappa shape index (κ1) is 14.2. The van der Waals surface area contributed by atoms with Gasteiger partial charge in [0.2, 0.25) is 0 Å². The van der Waals surface area contributed by atoms with Crippen molar-refractivity contribution < 1.29 is 5.11 Å². The maximum absolute atomic E-state index is 9.66. The van der Waals surface area contributed by atoms with Gasteiger partial charge in [-0.25, -0.2) is 0 Å². The molecule has 0 aliphatic carbocycles. The summed E-state index contributed by atoms with van der Waals surface area (Å²) in [6.07, 6.45) is 4.74. The highest BCUT2D eigenvalue weighted by Gasteiger charge is 2.12. The van der Waals surface area contributed by atoms with Gasteiger partial charge in [-0.15, -0.1) is 0 Å². The van der Waals surface area contributed by atoms with E-state index in [1.165, 1.54) is 38.0 Å². The lowest BCUT2D eigenvalue weighted by Gasteiger charge is -2.29. The lowest BCUT2D eigenvalue weighted by atomic mass is 10.1. The van der Waals surface area contributed by atoms with E-state index in [2.05, 4.69) is 34.5 Å². The van der Waals surface area contributed by atoms with Gasteiger partial charge >= 0.3 is 0 Å². The van der Waals surface area contributed by atoms with Crippen LogP contribution in [0, 0.1) is 0 Å². The Labute approximate surface area is 116 Å². The van der Waals surface area contributed by atoms with Crippen molar-refractivity contribution >= 4 is 11.4 Å². The van der Waals surface area contributed by atoms with E-state index in [0.717, 1.165) is 18.7 Å². The molecule has 1 aliphatic heterocycles. The molecular formula is C16H26N2O. The average Bonchev–Trinajstić information content (AvgIpc) is 2.39. The van der Waals surface area contributed by atoms with Crippen molar-refractivity contribution in [3.05, 3.63) is 24.3 Å². The van der Waals surface area contributed by atoms with E-state index in [1.54, 1.807) is 0 Å². The van der Waals surface area contributed by atoms with Crippen molar-refractivity contribution in [1.82, 2.24) is 0 Å². The molecule has 2 N–H and O–H groups in total. The van der Waals surface area contributed by atoms with Crippen LogP contribution in [-0.4, -0.2) is 30.3 Å². The molecule has 1 aliphatic rings. The quantitative estimate of drug-likeness (QED) is 0.855. The number of nitrogens with zero attached hydrogens (tertiary/aromatic N) is 1. The monoisotopic (exact) mass is 262 g/mol. The molecule has 1 aromatic carbocycles. The first-order valence-corrected chi connectivity index (χ1v) is 7.36. The van der Waals surface area contributed by atoms with Crippen molar-refractivity contribution in [2.75, 3.05) is 29.9 Å². The van der Waals surface area contributed by atoms with Crippen LogP contribution in [0.3, 0.4) is 0 Å². The van der Waals surface area contributed by atoms with Crippen LogP contribution >= 0.6 is 0 Å². The lowest BCUT2D eigenvalue weighted by molar-refractivity contribution is 0.0749. The van der Waals surface area contributed by atoms with E-state index in [4.69, 9.17) is 0 Å². The summed E-state index contributed by atoms with van der Waals surface area (Å²) >= 11 is 0. The van der Waals surface area contributed by atoms with E-state index < -0.39 is 5.60 Å². The number of hydrogen-bond donors (Lipinski definition) is 2. The normalized spacial score (nSPS) is 16.5. The van der Waals surface area contributed by atoms with Gasteiger partial charge in [0.15, 0.2) is 0 Å². The Hall–Kier alpha value is -1.22. The van der Waals surface area contributed by atoms with Gasteiger partial charge in [0.05, 0.1) is 5.60 Å². The fraction of sp³-hybridized carbons (Fsp3) is 0.625. The van der Waals surface area contributed by atoms with Crippen LogP contribution in [0.15, 0.2) is 24.3 Å². The van der Waals surface area contributed by atoms with Gasteiger partial charge in [-0.05, 0) is 63.8 Å². The van der Waals surface area contributed by atoms with Crippen LogP contribution in [0.4, 0.5) is 11.4 Å². The topological polar surface area (TPSA) is 35.5 Å². The minimum atomic E-state index is -0.596. The first-order valence-electron chi connectivity index (χ1n) is 7.36. The molecule has 106 valence electrons. The molecule has 0 aromatic heterocycles. The fourth-order valence-electron chi connectivity index (χ4n) is 2.45. The second-order valence-corrected chi connectivity index (χ2v) is 6.08. The molecule has 0 bridgehead atoms. The molecule has 1 saturated heterocycles. The summed E-state index contributed by atoms with van der Waals surface area (Å²) in [4.78, 5) is 2.46. The van der Waals surface area contributed by atoms with Gasteiger partial charge in [0, 0.05) is 31.0 Å². The minimum absolute atomic E-state index is 0.596. The molecule has 19 heavy (non-hydrogen) atoms. The number of aliphatic hydroxyl groups is 1. The zero-order valence-corrected chi connectivity index (χ0v) is 12.2. The fourth-order valence-corrected chi connectivity index (χ4v) is 2.45. The molecular weight excluding hydrogens is 236 g/mol. The number of benzene rings is 1. The molecule has 1 aromatic rings. The van der Waals surface area contributed by atoms with E-state index in [0.29, 0.717) is 0 Å². The summed E-state index contributed by atoms with van der Waals surface area (Å²) < 4.78 is 0. The van der Waals surface area contributed by atoms with E-state index in [9.17, 15) is 5.11 Å². The highest BCUT2D eigenvalue weighted by atomic mass is 16.3. The first-order chi connectivity index (χ1) is 9.04. The second kappa shape index (κ2) is 6.29. The SMILES string of the molecule is CC(C)(O)CCNc1ccc(N2CCCCC2)cc1. The van der Waals surface area contributed by atoms with Gasteiger partial charge in [0.25, 0.3) is 0 Å². The molecule has 3 nitrogen and oxygen atoms in total. The molecule has 0 radical (unpaired) electrons. The Balaban J connectivity index is 1.84. The van der Waals surface area contributed by atoms with E-state index in [-0.39, 0.29) is 0 Å². The average molecular weight is 262 g/mol. The number of nitrogens with one attached hydrogen (secondary N) is 1. The predicted octanol–water partition coefficient (Wildman–Crippen LogP) is 3.25. The predicted molar refractivity (Wildman–Crippen MR) is 81.9 cm³/mol. The van der Waals surface area contributed by atoms with Gasteiger partial charge in [-0.1, -0.05) is 0 Å². The molecule has 0 atom stereocenters. The van der Waals surface area contributed by atoms with Crippen LogP contribution in [0.5, 0.6) is 0 Å². The summed E-state index contributed by atoms with van der Waals surface area (Å²) in [5.74, 6) is 0. The second-order valence-electron chi connectivity index (χ2n) is 6.08. The Morgan fingerprint density at radius 2 is 1.74 bits per heavy atom. The zero-order valence-electron chi connectivity index (χ0n) is 12.2. The number of piperidine rings is 1. The highest BCUT2D eigenvalue weighted by Crippen LogP contribution is 2.21. The van der Waals surface area contributed by atoms with Crippen LogP contribution in [0.25, 0.3) is 0 Å². The summed E-state index contributed by atoms with van der Waals surface area (Å²) in [5, 5.41) is 13.0. The van der Waals surface area contributed by atoms with Gasteiger partial charge in [-0.3, -0.25) is 0 Å². The smallest absolute Gasteiger partial charge is 0.0608 e. The molecule has 1 heterocycles. The minimum Gasteiger partial charge on any atom is -0.390 e. The highest BCUT2D eigenvalue weighted by molar-refractivity contribution is 5.55. The third-order valence-corrected chi connectivity index (χ3v) is 3.65. The third kappa shape index (κ3) is 4.75. The van der Waals surface area contributed by atoms with Crippen LogP contribution in [-0.2, 0) is 0 Å². The van der Waals surface area contributed by atoms with Gasteiger partial charge < -0.3 is 15.3 Å². The molecule has 2 rings (SSSR count). The summed E-state index contributed by atoms with van der Waals surface area (Å²) in [5.41, 5.74) is 1.86. The van der Waals surface area contributed by atoms with Crippen LogP contribution in [0.2, 0.25) is 0 Å². The molecule has 1 fully saturated rings. The van der Waals surface area contributed by atoms with Crippen molar-refractivity contribution in [1.29, 1.82) is 0 Å². The van der Waals surface area contributed by atoms with Crippen molar-refractivity contribution in [2.45, 2.75) is 45.1 Å². The molecule has 0 unspecified atom stereocenters. The van der Waals surface area contributed by atoms with Crippen molar-refractivity contribution in [3.63, 3.8) is 0 Å².